The molecule has 4 N–H and O–H groups in total. The zero-order valence-corrected chi connectivity index (χ0v) is 17.5. The van der Waals surface area contributed by atoms with Crippen LogP contribution in [-0.2, 0) is 5.72 Å². The first-order valence-electron chi connectivity index (χ1n) is 9.62. The lowest BCUT2D eigenvalue weighted by atomic mass is 9.92. The van der Waals surface area contributed by atoms with E-state index in [-0.39, 0.29) is 27.6 Å². The van der Waals surface area contributed by atoms with Gasteiger partial charge in [-0.1, -0.05) is 23.7 Å². The fourth-order valence-corrected chi connectivity index (χ4v) is 4.25. The molecule has 0 spiro atoms. The Kier molecular flexibility index (Phi) is 4.78. The van der Waals surface area contributed by atoms with Crippen molar-refractivity contribution in [1.82, 2.24) is 9.97 Å². The van der Waals surface area contributed by atoms with E-state index in [9.17, 15) is 23.5 Å². The zero-order valence-electron chi connectivity index (χ0n) is 16.7. The Morgan fingerprint density at radius 3 is 2.59 bits per heavy atom. The van der Waals surface area contributed by atoms with Crippen molar-refractivity contribution in [2.75, 3.05) is 10.2 Å². The molecule has 0 radical (unpaired) electrons. The quantitative estimate of drug-likeness (QED) is 0.337. The van der Waals surface area contributed by atoms with Gasteiger partial charge in [-0.2, -0.15) is 0 Å². The highest BCUT2D eigenvalue weighted by atomic mass is 35.5. The first-order chi connectivity index (χ1) is 16.1. The Bertz CT molecular complexity index is 1530. The summed E-state index contributed by atoms with van der Waals surface area (Å²) in [7, 11) is 0. The fraction of sp³-hybridized carbons (Fsp3) is 0.0455. The molecular weight excluding hydrogens is 477 g/mol. The third-order valence-electron chi connectivity index (χ3n) is 5.47. The van der Waals surface area contributed by atoms with Crippen LogP contribution in [-0.4, -0.2) is 32.2 Å². The molecule has 2 amide bonds. The lowest BCUT2D eigenvalue weighted by Gasteiger charge is -2.35. The van der Waals surface area contributed by atoms with Crippen LogP contribution >= 0.6 is 11.6 Å². The number of halogens is 4. The van der Waals surface area contributed by atoms with Gasteiger partial charge >= 0.3 is 6.09 Å². The van der Waals surface area contributed by atoms with E-state index in [1.165, 1.54) is 30.3 Å². The molecule has 0 bridgehead atoms. The molecule has 0 aliphatic carbocycles. The Hall–Kier alpha value is -4.09. The number of aliphatic hydroxyl groups is 1. The van der Waals surface area contributed by atoms with Crippen LogP contribution in [0.5, 0.6) is 0 Å². The van der Waals surface area contributed by atoms with E-state index >= 15 is 4.39 Å². The lowest BCUT2D eigenvalue weighted by Crippen LogP contribution is -2.45. The number of carbonyl (C=O) groups is 2. The fourth-order valence-electron chi connectivity index (χ4n) is 4.08. The summed E-state index contributed by atoms with van der Waals surface area (Å²) < 4.78 is 44.7. The summed E-state index contributed by atoms with van der Waals surface area (Å²) in [6.07, 6.45) is -1.38. The third-order valence-corrected chi connectivity index (χ3v) is 5.77. The Labute approximate surface area is 193 Å². The van der Waals surface area contributed by atoms with Crippen LogP contribution in [0, 0.1) is 17.5 Å². The lowest BCUT2D eigenvalue weighted by molar-refractivity contribution is 0.0681. The molecule has 0 saturated carbocycles. The number of hydrogen-bond acceptors (Lipinski definition) is 4. The number of nitrogens with zero attached hydrogens (tertiary/aromatic N) is 2. The van der Waals surface area contributed by atoms with Gasteiger partial charge in [0, 0.05) is 5.56 Å². The molecule has 34 heavy (non-hydrogen) atoms. The van der Waals surface area contributed by atoms with Crippen LogP contribution in [0.3, 0.4) is 0 Å². The first-order valence-corrected chi connectivity index (χ1v) is 10.0. The molecule has 1 aromatic heterocycles. The molecule has 0 fully saturated rings. The minimum absolute atomic E-state index is 0.135. The number of imidazole rings is 1. The highest BCUT2D eigenvalue weighted by molar-refractivity contribution is 6.31. The Morgan fingerprint density at radius 1 is 1.12 bits per heavy atom. The van der Waals surface area contributed by atoms with Gasteiger partial charge < -0.3 is 15.2 Å². The normalized spacial score (nSPS) is 17.3. The molecule has 0 saturated heterocycles. The number of aromatic nitrogens is 2. The summed E-state index contributed by atoms with van der Waals surface area (Å²) in [5, 5.41) is 22.4. The van der Waals surface area contributed by atoms with E-state index in [0.29, 0.717) is 4.90 Å². The minimum Gasteiger partial charge on any atom is -0.465 e. The van der Waals surface area contributed by atoms with Crippen molar-refractivity contribution in [3.63, 3.8) is 0 Å². The number of anilines is 2. The molecule has 5 rings (SSSR count). The number of rotatable bonds is 3. The van der Waals surface area contributed by atoms with Crippen molar-refractivity contribution in [3.05, 3.63) is 87.7 Å². The standard InChI is InChI=1S/C22H12ClF3N4O4/c23-10-2-1-3-15(18(10)26)30-19(31)16-11(24)5-6-12(25)17(16)22(30,34)9-4-7-13-14(8-9)28-20(27-13)29-21(32)33/h1-8,34H,(H,32,33)(H2,27,28,29). The van der Waals surface area contributed by atoms with Crippen molar-refractivity contribution in [3.8, 4) is 0 Å². The molecule has 1 unspecified atom stereocenters. The average molecular weight is 489 g/mol. The summed E-state index contributed by atoms with van der Waals surface area (Å²) >= 11 is 5.86. The van der Waals surface area contributed by atoms with Crippen molar-refractivity contribution in [1.29, 1.82) is 0 Å². The highest BCUT2D eigenvalue weighted by Crippen LogP contribution is 2.48. The van der Waals surface area contributed by atoms with E-state index in [1.54, 1.807) is 0 Å². The molecule has 12 heteroatoms. The number of benzene rings is 3. The van der Waals surface area contributed by atoms with Crippen molar-refractivity contribution in [2.24, 2.45) is 0 Å². The second-order valence-electron chi connectivity index (χ2n) is 7.41. The van der Waals surface area contributed by atoms with E-state index in [2.05, 4.69) is 9.97 Å². The minimum atomic E-state index is -2.69. The molecule has 8 nitrogen and oxygen atoms in total. The predicted octanol–water partition coefficient (Wildman–Crippen LogP) is 4.58. The van der Waals surface area contributed by atoms with E-state index in [0.717, 1.165) is 18.2 Å². The maximum Gasteiger partial charge on any atom is 0.411 e. The van der Waals surface area contributed by atoms with Gasteiger partial charge in [0.2, 0.25) is 11.7 Å². The zero-order chi connectivity index (χ0) is 24.4. The predicted molar refractivity (Wildman–Crippen MR) is 115 cm³/mol. The molecular formula is C22H12ClF3N4O4. The number of carboxylic acid groups (broad SMARTS) is 1. The monoisotopic (exact) mass is 488 g/mol. The number of fused-ring (bicyclic) bond motifs is 2. The highest BCUT2D eigenvalue weighted by Gasteiger charge is 2.54. The smallest absolute Gasteiger partial charge is 0.411 e. The molecule has 1 atom stereocenters. The second kappa shape index (κ2) is 7.47. The number of aromatic amines is 1. The van der Waals surface area contributed by atoms with Gasteiger partial charge in [-0.15, -0.1) is 0 Å². The summed E-state index contributed by atoms with van der Waals surface area (Å²) in [5.74, 6) is -4.62. The largest absolute Gasteiger partial charge is 0.465 e. The van der Waals surface area contributed by atoms with Crippen LogP contribution in [0.25, 0.3) is 11.0 Å². The van der Waals surface area contributed by atoms with Gasteiger partial charge in [-0.05, 0) is 36.4 Å². The van der Waals surface area contributed by atoms with Gasteiger partial charge in [0.1, 0.15) is 11.6 Å². The van der Waals surface area contributed by atoms with Crippen LogP contribution in [0.15, 0.2) is 48.5 Å². The van der Waals surface area contributed by atoms with Gasteiger partial charge in [0.25, 0.3) is 5.91 Å². The van der Waals surface area contributed by atoms with Crippen molar-refractivity contribution >= 4 is 46.3 Å². The number of hydrogen-bond donors (Lipinski definition) is 4. The summed E-state index contributed by atoms with van der Waals surface area (Å²) in [6.45, 7) is 0. The van der Waals surface area contributed by atoms with E-state index in [1.807, 2.05) is 5.32 Å². The van der Waals surface area contributed by atoms with Gasteiger partial charge in [-0.25, -0.2) is 22.9 Å². The third kappa shape index (κ3) is 3.01. The van der Waals surface area contributed by atoms with Crippen LogP contribution in [0.2, 0.25) is 5.02 Å². The molecule has 3 aromatic carbocycles. The SMILES string of the molecule is O=C(O)Nc1nc2ccc(C3(O)c4c(F)ccc(F)c4C(=O)N3c3cccc(Cl)c3F)cc2[nH]1. The molecule has 1 aliphatic heterocycles. The molecule has 172 valence electrons. The number of H-pyrrole nitrogens is 1. The maximum absolute atomic E-state index is 15.0. The van der Waals surface area contributed by atoms with E-state index < -0.39 is 52.0 Å². The topological polar surface area (TPSA) is 119 Å². The average Bonchev–Trinajstić information content (AvgIpc) is 3.28. The number of amides is 2. The summed E-state index contributed by atoms with van der Waals surface area (Å²) in [5.41, 5.74) is -4.36. The molecule has 2 heterocycles. The molecule has 1 aliphatic rings. The van der Waals surface area contributed by atoms with Crippen LogP contribution in [0.4, 0.5) is 29.6 Å². The van der Waals surface area contributed by atoms with Gasteiger partial charge in [-0.3, -0.25) is 15.0 Å². The second-order valence-corrected chi connectivity index (χ2v) is 7.82. The van der Waals surface area contributed by atoms with Crippen LogP contribution < -0.4 is 10.2 Å². The van der Waals surface area contributed by atoms with Gasteiger partial charge in [0.05, 0.1) is 32.9 Å². The summed E-state index contributed by atoms with van der Waals surface area (Å²) in [4.78, 5) is 31.4. The van der Waals surface area contributed by atoms with E-state index in [4.69, 9.17) is 16.7 Å². The maximum atomic E-state index is 15.0. The molecule has 4 aromatic rings. The Balaban J connectivity index is 1.80. The van der Waals surface area contributed by atoms with Crippen molar-refractivity contribution in [2.45, 2.75) is 5.72 Å². The number of carbonyl (C=O) groups excluding carboxylic acids is 1. The summed E-state index contributed by atoms with van der Waals surface area (Å²) in [6, 6.07) is 9.02. The first kappa shape index (κ1) is 21.7. The van der Waals surface area contributed by atoms with Crippen LogP contribution in [0.1, 0.15) is 21.5 Å². The van der Waals surface area contributed by atoms with Crippen molar-refractivity contribution < 1.29 is 33.0 Å². The number of nitrogens with one attached hydrogen (secondary N) is 2. The Morgan fingerprint density at radius 2 is 1.85 bits per heavy atom. The van der Waals surface area contributed by atoms with Gasteiger partial charge in [0.15, 0.2) is 5.82 Å².